The van der Waals surface area contributed by atoms with Gasteiger partial charge in [-0.15, -0.1) is 11.3 Å². The van der Waals surface area contributed by atoms with Crippen LogP contribution in [-0.4, -0.2) is 52.3 Å². The first-order chi connectivity index (χ1) is 17.4. The molecule has 36 heavy (non-hydrogen) atoms. The Labute approximate surface area is 210 Å². The Kier molecular flexibility index (Phi) is 5.65. The summed E-state index contributed by atoms with van der Waals surface area (Å²) in [5.41, 5.74) is 1.73. The topological polar surface area (TPSA) is 85.7 Å². The van der Waals surface area contributed by atoms with Crippen molar-refractivity contribution in [3.8, 4) is 11.5 Å². The normalized spacial score (nSPS) is 17.8. The van der Waals surface area contributed by atoms with E-state index in [0.29, 0.717) is 44.0 Å². The number of methoxy groups -OCH3 is 1. The number of carbonyl (C=O) groups is 2. The number of fused-ring (bicyclic) bond motifs is 2. The largest absolute Gasteiger partial charge is 0.453 e. The molecule has 1 unspecified atom stereocenters. The highest BCUT2D eigenvalue weighted by atomic mass is 32.1. The zero-order valence-electron chi connectivity index (χ0n) is 19.9. The summed E-state index contributed by atoms with van der Waals surface area (Å²) < 4.78 is 29.2. The van der Waals surface area contributed by atoms with Crippen LogP contribution < -0.4 is 10.1 Å². The van der Waals surface area contributed by atoms with E-state index in [1.807, 2.05) is 0 Å². The average molecular weight is 509 g/mol. The van der Waals surface area contributed by atoms with Crippen molar-refractivity contribution in [2.24, 2.45) is 0 Å². The molecule has 0 bridgehead atoms. The molecule has 1 aliphatic carbocycles. The van der Waals surface area contributed by atoms with Gasteiger partial charge in [-0.25, -0.2) is 9.18 Å². The number of thiophene rings is 1. The Bertz CT molecular complexity index is 1510. The lowest BCUT2D eigenvalue weighted by Crippen LogP contribution is -2.36. The Morgan fingerprint density at radius 1 is 1.17 bits per heavy atom. The maximum atomic E-state index is 15.5. The highest BCUT2D eigenvalue weighted by molar-refractivity contribution is 7.21. The summed E-state index contributed by atoms with van der Waals surface area (Å²) in [5, 5.41) is 3.26. The zero-order chi connectivity index (χ0) is 25.0. The van der Waals surface area contributed by atoms with Crippen LogP contribution in [0, 0.1) is 12.7 Å². The Hall–Kier alpha value is -3.50. The van der Waals surface area contributed by atoms with Crippen molar-refractivity contribution in [2.45, 2.75) is 44.9 Å². The number of halogens is 1. The second kappa shape index (κ2) is 8.86. The summed E-state index contributed by atoms with van der Waals surface area (Å²) >= 11 is 1.27. The van der Waals surface area contributed by atoms with E-state index in [4.69, 9.17) is 9.47 Å². The minimum atomic E-state index is -0.550. The number of amides is 2. The number of aromatic nitrogens is 2. The number of aryl methyl sites for hydroxylation is 1. The van der Waals surface area contributed by atoms with Crippen molar-refractivity contribution in [2.75, 3.05) is 13.7 Å². The number of hydrogen-bond acceptors (Lipinski definition) is 6. The lowest BCUT2D eigenvalue weighted by molar-refractivity contribution is 0.00195. The van der Waals surface area contributed by atoms with Gasteiger partial charge in [-0.1, -0.05) is 0 Å². The third-order valence-corrected chi connectivity index (χ3v) is 7.84. The van der Waals surface area contributed by atoms with Crippen LogP contribution in [0.25, 0.3) is 21.1 Å². The second-order valence-electron chi connectivity index (χ2n) is 9.22. The highest BCUT2D eigenvalue weighted by Gasteiger charge is 2.31. The molecule has 4 aromatic rings. The monoisotopic (exact) mass is 508 g/mol. The van der Waals surface area contributed by atoms with Crippen molar-refractivity contribution >= 4 is 44.4 Å². The molecule has 0 radical (unpaired) electrons. The van der Waals surface area contributed by atoms with Gasteiger partial charge in [-0.3, -0.25) is 14.3 Å². The molecule has 8 nitrogen and oxygen atoms in total. The van der Waals surface area contributed by atoms with Crippen LogP contribution in [0.15, 0.2) is 36.5 Å². The Morgan fingerprint density at radius 2 is 2.00 bits per heavy atom. The van der Waals surface area contributed by atoms with Crippen molar-refractivity contribution in [1.29, 1.82) is 0 Å². The second-order valence-corrected chi connectivity index (χ2v) is 10.3. The van der Waals surface area contributed by atoms with Gasteiger partial charge >= 0.3 is 6.03 Å². The standard InChI is InChI=1S/C26H25FN4O4S/c1-14-12-16-18(31(14)26(33)29-15-5-6-15)7-8-19(23(16)27)35-20-9-10-28-17-13-21(36-24(17)20)25(32)30-11-3-4-22(30)34-2/h7-10,12-13,15,22H,3-6,11H2,1-2H3,(H,29,33). The molecule has 2 amide bonds. The fraction of sp³-hybridized carbons (Fsp3) is 0.346. The predicted molar refractivity (Wildman–Crippen MR) is 134 cm³/mol. The molecular formula is C26H25FN4O4S. The van der Waals surface area contributed by atoms with Gasteiger partial charge in [0.1, 0.15) is 12.0 Å². The number of likely N-dealkylation sites (tertiary alicyclic amines) is 1. The van der Waals surface area contributed by atoms with Gasteiger partial charge in [0, 0.05) is 43.0 Å². The summed E-state index contributed by atoms with van der Waals surface area (Å²) in [6.45, 7) is 2.42. The molecule has 1 saturated heterocycles. The third kappa shape index (κ3) is 3.90. The van der Waals surface area contributed by atoms with Crippen molar-refractivity contribution < 1.29 is 23.5 Å². The third-order valence-electron chi connectivity index (χ3n) is 6.71. The van der Waals surface area contributed by atoms with E-state index in [-0.39, 0.29) is 30.0 Å². The summed E-state index contributed by atoms with van der Waals surface area (Å²) in [6.07, 6.45) is 4.99. The van der Waals surface area contributed by atoms with Crippen LogP contribution in [0.1, 0.15) is 41.0 Å². The molecule has 1 atom stereocenters. The van der Waals surface area contributed by atoms with Crippen LogP contribution in [-0.2, 0) is 4.74 Å². The van der Waals surface area contributed by atoms with Gasteiger partial charge in [-0.2, -0.15) is 0 Å². The predicted octanol–water partition coefficient (Wildman–Crippen LogP) is 5.42. The lowest BCUT2D eigenvalue weighted by atomic mass is 10.2. The molecule has 1 aromatic carbocycles. The number of nitrogens with zero attached hydrogens (tertiary/aromatic N) is 3. The van der Waals surface area contributed by atoms with Crippen LogP contribution in [0.5, 0.6) is 11.5 Å². The molecule has 1 aliphatic heterocycles. The van der Waals surface area contributed by atoms with Crippen molar-refractivity contribution in [3.63, 3.8) is 0 Å². The molecule has 2 fully saturated rings. The molecule has 0 spiro atoms. The molecule has 1 N–H and O–H groups in total. The first-order valence-electron chi connectivity index (χ1n) is 12.0. The summed E-state index contributed by atoms with van der Waals surface area (Å²) in [4.78, 5) is 32.4. The van der Waals surface area contributed by atoms with Crippen LogP contribution in [0.4, 0.5) is 9.18 Å². The number of rotatable bonds is 5. The van der Waals surface area contributed by atoms with Gasteiger partial charge in [0.05, 0.1) is 20.6 Å². The fourth-order valence-electron chi connectivity index (χ4n) is 4.75. The van der Waals surface area contributed by atoms with Gasteiger partial charge in [0.15, 0.2) is 11.6 Å². The lowest BCUT2D eigenvalue weighted by Gasteiger charge is -2.22. The van der Waals surface area contributed by atoms with E-state index < -0.39 is 5.82 Å². The number of hydrogen-bond donors (Lipinski definition) is 1. The number of benzene rings is 1. The molecule has 2 aliphatic rings. The minimum Gasteiger partial charge on any atom is -0.453 e. The SMILES string of the molecule is COC1CCCN1C(=O)c1cc2nccc(Oc3ccc4c(cc(C)n4C(=O)NC4CC4)c3F)c2s1. The summed E-state index contributed by atoms with van der Waals surface area (Å²) in [5.74, 6) is -0.210. The zero-order valence-corrected chi connectivity index (χ0v) is 20.7. The van der Waals surface area contributed by atoms with Crippen LogP contribution in [0.3, 0.4) is 0 Å². The molecular weight excluding hydrogens is 483 g/mol. The van der Waals surface area contributed by atoms with Gasteiger partial charge < -0.3 is 19.7 Å². The number of nitrogens with one attached hydrogen (secondary N) is 1. The maximum Gasteiger partial charge on any atom is 0.326 e. The molecule has 1 saturated carbocycles. The summed E-state index contributed by atoms with van der Waals surface area (Å²) in [6, 6.07) is 8.20. The molecule has 3 aromatic heterocycles. The van der Waals surface area contributed by atoms with E-state index in [1.54, 1.807) is 49.4 Å². The average Bonchev–Trinajstić information content (AvgIpc) is 3.26. The van der Waals surface area contributed by atoms with Crippen LogP contribution in [0.2, 0.25) is 0 Å². The molecule has 10 heteroatoms. The minimum absolute atomic E-state index is 0.0371. The Morgan fingerprint density at radius 3 is 2.78 bits per heavy atom. The van der Waals surface area contributed by atoms with Gasteiger partial charge in [-0.05, 0) is 56.9 Å². The summed E-state index contributed by atoms with van der Waals surface area (Å²) in [7, 11) is 1.61. The van der Waals surface area contributed by atoms with Gasteiger partial charge in [0.25, 0.3) is 5.91 Å². The smallest absolute Gasteiger partial charge is 0.326 e. The van der Waals surface area contributed by atoms with Crippen molar-refractivity contribution in [1.82, 2.24) is 19.8 Å². The Balaban J connectivity index is 1.32. The maximum absolute atomic E-state index is 15.5. The highest BCUT2D eigenvalue weighted by Crippen LogP contribution is 2.38. The van der Waals surface area contributed by atoms with E-state index >= 15 is 4.39 Å². The van der Waals surface area contributed by atoms with Crippen molar-refractivity contribution in [3.05, 3.63) is 52.9 Å². The van der Waals surface area contributed by atoms with E-state index in [1.165, 1.54) is 22.0 Å². The van der Waals surface area contributed by atoms with E-state index in [9.17, 15) is 9.59 Å². The number of pyridine rings is 1. The van der Waals surface area contributed by atoms with E-state index in [0.717, 1.165) is 25.7 Å². The quantitative estimate of drug-likeness (QED) is 0.389. The molecule has 186 valence electrons. The first-order valence-corrected chi connectivity index (χ1v) is 12.8. The first kappa shape index (κ1) is 22.9. The molecule has 6 rings (SSSR count). The van der Waals surface area contributed by atoms with Gasteiger partial charge in [0.2, 0.25) is 0 Å². The number of ether oxygens (including phenoxy) is 2. The fourth-order valence-corrected chi connectivity index (χ4v) is 5.77. The number of carbonyl (C=O) groups excluding carboxylic acids is 2. The van der Waals surface area contributed by atoms with Crippen LogP contribution >= 0.6 is 11.3 Å². The van der Waals surface area contributed by atoms with E-state index in [2.05, 4.69) is 10.3 Å². The molecule has 4 heterocycles.